The van der Waals surface area contributed by atoms with E-state index in [4.69, 9.17) is 4.42 Å². The number of hydrogen-bond donors (Lipinski definition) is 0. The van der Waals surface area contributed by atoms with Crippen LogP contribution in [0.25, 0.3) is 11.5 Å². The van der Waals surface area contributed by atoms with Crippen molar-refractivity contribution in [3.63, 3.8) is 0 Å². The highest BCUT2D eigenvalue weighted by atomic mass is 16.4. The highest BCUT2D eigenvalue weighted by molar-refractivity contribution is 5.51. The molecule has 23 heavy (non-hydrogen) atoms. The van der Waals surface area contributed by atoms with Gasteiger partial charge in [-0.25, -0.2) is 9.67 Å². The molecule has 0 bridgehead atoms. The molecule has 3 aromatic heterocycles. The molecule has 0 atom stereocenters. The SMILES string of the molecule is c1ccc(-c2nnc(Cn3cc(Cn4ccnc4)nn3)o2)cc1. The van der Waals surface area contributed by atoms with Gasteiger partial charge in [0, 0.05) is 18.0 Å². The average molecular weight is 307 g/mol. The van der Waals surface area contributed by atoms with Gasteiger partial charge in [-0.3, -0.25) is 0 Å². The highest BCUT2D eigenvalue weighted by Crippen LogP contribution is 2.17. The van der Waals surface area contributed by atoms with Crippen LogP contribution in [0.2, 0.25) is 0 Å². The molecule has 8 heteroatoms. The number of nitrogens with zero attached hydrogens (tertiary/aromatic N) is 7. The Morgan fingerprint density at radius 1 is 1.00 bits per heavy atom. The van der Waals surface area contributed by atoms with Crippen LogP contribution in [0.15, 0.2) is 59.7 Å². The summed E-state index contributed by atoms with van der Waals surface area (Å²) in [4.78, 5) is 4.00. The Kier molecular flexibility index (Phi) is 3.39. The molecule has 4 aromatic rings. The summed E-state index contributed by atoms with van der Waals surface area (Å²) in [6.07, 6.45) is 7.20. The first-order valence-corrected chi connectivity index (χ1v) is 7.09. The van der Waals surface area contributed by atoms with Crippen LogP contribution in [0.3, 0.4) is 0 Å². The van der Waals surface area contributed by atoms with Crippen LogP contribution >= 0.6 is 0 Å². The molecule has 1 aromatic carbocycles. The van der Waals surface area contributed by atoms with E-state index in [1.807, 2.05) is 47.3 Å². The predicted octanol–water partition coefficient (Wildman–Crippen LogP) is 1.62. The minimum atomic E-state index is 0.386. The van der Waals surface area contributed by atoms with Gasteiger partial charge >= 0.3 is 0 Å². The van der Waals surface area contributed by atoms with Gasteiger partial charge in [0.1, 0.15) is 12.2 Å². The molecule has 3 heterocycles. The summed E-state index contributed by atoms with van der Waals surface area (Å²) in [5.41, 5.74) is 1.73. The van der Waals surface area contributed by atoms with Crippen molar-refractivity contribution >= 4 is 0 Å². The highest BCUT2D eigenvalue weighted by Gasteiger charge is 2.10. The zero-order chi connectivity index (χ0) is 15.5. The van der Waals surface area contributed by atoms with Gasteiger partial charge in [0.25, 0.3) is 0 Å². The van der Waals surface area contributed by atoms with Gasteiger partial charge in [-0.2, -0.15) is 0 Å². The molecule has 0 aliphatic carbocycles. The molecule has 0 spiro atoms. The van der Waals surface area contributed by atoms with Crippen molar-refractivity contribution in [1.82, 2.24) is 34.7 Å². The van der Waals surface area contributed by atoms with Gasteiger partial charge in [-0.1, -0.05) is 23.4 Å². The summed E-state index contributed by atoms with van der Waals surface area (Å²) >= 11 is 0. The Morgan fingerprint density at radius 2 is 1.91 bits per heavy atom. The lowest BCUT2D eigenvalue weighted by molar-refractivity contribution is 0.469. The summed E-state index contributed by atoms with van der Waals surface area (Å²) in [5, 5.41) is 16.3. The Balaban J connectivity index is 1.46. The van der Waals surface area contributed by atoms with Crippen LogP contribution in [0.1, 0.15) is 11.6 Å². The molecule has 4 rings (SSSR count). The van der Waals surface area contributed by atoms with Crippen molar-refractivity contribution in [1.29, 1.82) is 0 Å². The minimum absolute atomic E-state index is 0.386. The molecule has 0 aliphatic heterocycles. The van der Waals surface area contributed by atoms with Gasteiger partial charge in [0.05, 0.1) is 19.1 Å². The number of aromatic nitrogens is 7. The topological polar surface area (TPSA) is 87.5 Å². The van der Waals surface area contributed by atoms with Crippen molar-refractivity contribution < 1.29 is 4.42 Å². The summed E-state index contributed by atoms with van der Waals surface area (Å²) in [5.74, 6) is 0.988. The molecule has 0 fully saturated rings. The van der Waals surface area contributed by atoms with E-state index in [0.717, 1.165) is 11.3 Å². The smallest absolute Gasteiger partial charge is 0.247 e. The quantitative estimate of drug-likeness (QED) is 0.557. The van der Waals surface area contributed by atoms with Crippen molar-refractivity contribution in [2.75, 3.05) is 0 Å². The van der Waals surface area contributed by atoms with Crippen molar-refractivity contribution in [3.8, 4) is 11.5 Å². The first-order chi connectivity index (χ1) is 11.4. The Hall–Kier alpha value is -3.29. The molecule has 0 saturated heterocycles. The van der Waals surface area contributed by atoms with E-state index in [1.54, 1.807) is 17.2 Å². The molecule has 0 saturated carbocycles. The fourth-order valence-electron chi connectivity index (χ4n) is 2.21. The van der Waals surface area contributed by atoms with E-state index in [2.05, 4.69) is 25.5 Å². The summed E-state index contributed by atoms with van der Waals surface area (Å²) in [6.45, 7) is 1.01. The van der Waals surface area contributed by atoms with Crippen LogP contribution in [0.5, 0.6) is 0 Å². The molecule has 8 nitrogen and oxygen atoms in total. The van der Waals surface area contributed by atoms with Gasteiger partial charge in [0.15, 0.2) is 0 Å². The van der Waals surface area contributed by atoms with Crippen molar-refractivity contribution in [2.45, 2.75) is 13.1 Å². The van der Waals surface area contributed by atoms with Crippen LogP contribution in [-0.4, -0.2) is 34.7 Å². The molecule has 0 amide bonds. The van der Waals surface area contributed by atoms with E-state index in [1.165, 1.54) is 0 Å². The third-order valence-corrected chi connectivity index (χ3v) is 3.27. The average Bonchev–Trinajstić information content (AvgIpc) is 3.32. The molecule has 0 radical (unpaired) electrons. The van der Waals surface area contributed by atoms with Crippen molar-refractivity contribution in [2.24, 2.45) is 0 Å². The maximum Gasteiger partial charge on any atom is 0.247 e. The maximum absolute atomic E-state index is 5.66. The monoisotopic (exact) mass is 307 g/mol. The Bertz CT molecular complexity index is 880. The first kappa shape index (κ1) is 13.4. The standard InChI is InChI=1S/C15H13N7O/c1-2-4-12(5-3-1)15-19-18-14(23-15)10-22-9-13(17-20-22)8-21-7-6-16-11-21/h1-7,9,11H,8,10H2. The van der Waals surface area contributed by atoms with E-state index in [-0.39, 0.29) is 0 Å². The second kappa shape index (κ2) is 5.84. The summed E-state index contributed by atoms with van der Waals surface area (Å²) < 4.78 is 9.26. The Morgan fingerprint density at radius 3 is 2.74 bits per heavy atom. The number of hydrogen-bond acceptors (Lipinski definition) is 6. The minimum Gasteiger partial charge on any atom is -0.419 e. The van der Waals surface area contributed by atoms with E-state index in [0.29, 0.717) is 24.9 Å². The molecule has 114 valence electrons. The van der Waals surface area contributed by atoms with Gasteiger partial charge in [-0.15, -0.1) is 15.3 Å². The Labute approximate surface area is 131 Å². The number of imidazole rings is 1. The lowest BCUT2D eigenvalue weighted by atomic mass is 10.2. The molecular weight excluding hydrogens is 294 g/mol. The second-order valence-corrected chi connectivity index (χ2v) is 5.01. The maximum atomic E-state index is 5.66. The first-order valence-electron chi connectivity index (χ1n) is 7.09. The van der Waals surface area contributed by atoms with E-state index in [9.17, 15) is 0 Å². The summed E-state index contributed by atoms with van der Waals surface area (Å²) in [6, 6.07) is 9.65. The number of benzene rings is 1. The second-order valence-electron chi connectivity index (χ2n) is 5.01. The van der Waals surface area contributed by atoms with Crippen LogP contribution in [0, 0.1) is 0 Å². The fraction of sp³-hybridized carbons (Fsp3) is 0.133. The zero-order valence-corrected chi connectivity index (χ0v) is 12.1. The molecule has 0 unspecified atom stereocenters. The predicted molar refractivity (Wildman–Crippen MR) is 80.2 cm³/mol. The van der Waals surface area contributed by atoms with Crippen LogP contribution in [-0.2, 0) is 13.1 Å². The van der Waals surface area contributed by atoms with Gasteiger partial charge < -0.3 is 8.98 Å². The van der Waals surface area contributed by atoms with Gasteiger partial charge in [0.2, 0.25) is 11.8 Å². The largest absolute Gasteiger partial charge is 0.419 e. The molecule has 0 N–H and O–H groups in total. The lowest BCUT2D eigenvalue weighted by Gasteiger charge is -1.96. The number of rotatable bonds is 5. The molecular formula is C15H13N7O. The normalized spacial score (nSPS) is 11.0. The zero-order valence-electron chi connectivity index (χ0n) is 12.1. The van der Waals surface area contributed by atoms with Crippen LogP contribution in [0.4, 0.5) is 0 Å². The summed E-state index contributed by atoms with van der Waals surface area (Å²) in [7, 11) is 0. The lowest BCUT2D eigenvalue weighted by Crippen LogP contribution is -2.00. The van der Waals surface area contributed by atoms with E-state index >= 15 is 0 Å². The fourth-order valence-corrected chi connectivity index (χ4v) is 2.21. The van der Waals surface area contributed by atoms with E-state index < -0.39 is 0 Å². The third-order valence-electron chi connectivity index (χ3n) is 3.27. The van der Waals surface area contributed by atoms with Crippen LogP contribution < -0.4 is 0 Å². The molecule has 0 aliphatic rings. The third kappa shape index (κ3) is 3.00. The van der Waals surface area contributed by atoms with Gasteiger partial charge in [-0.05, 0) is 12.1 Å². The van der Waals surface area contributed by atoms with Crippen molar-refractivity contribution in [3.05, 3.63) is 66.8 Å².